The first-order valence-corrected chi connectivity index (χ1v) is 6.08. The van der Waals surface area contributed by atoms with Crippen molar-refractivity contribution in [1.29, 1.82) is 0 Å². The average molecular weight is 247 g/mol. The van der Waals surface area contributed by atoms with Crippen molar-refractivity contribution >= 4 is 17.0 Å². The summed E-state index contributed by atoms with van der Waals surface area (Å²) in [4.78, 5) is 12.4. The monoisotopic (exact) mass is 247 g/mol. The van der Waals surface area contributed by atoms with E-state index in [1.54, 1.807) is 6.33 Å². The van der Waals surface area contributed by atoms with Crippen molar-refractivity contribution in [2.75, 3.05) is 12.3 Å². The molecule has 2 aromatic heterocycles. The van der Waals surface area contributed by atoms with Crippen molar-refractivity contribution in [3.63, 3.8) is 0 Å². The highest BCUT2D eigenvalue weighted by Gasteiger charge is 2.56. The lowest BCUT2D eigenvalue weighted by atomic mass is 10.1. The van der Waals surface area contributed by atoms with Crippen LogP contribution < -0.4 is 5.73 Å². The number of anilines is 1. The minimum absolute atomic E-state index is 0.184. The van der Waals surface area contributed by atoms with Gasteiger partial charge in [0.2, 0.25) is 0 Å². The normalized spacial score (nSPS) is 25.5. The third-order valence-electron chi connectivity index (χ3n) is 4.31. The zero-order valence-corrected chi connectivity index (χ0v) is 10.5. The van der Waals surface area contributed by atoms with Gasteiger partial charge in [0.25, 0.3) is 0 Å². The Kier molecular flexibility index (Phi) is 2.31. The maximum absolute atomic E-state index is 9.33. The van der Waals surface area contributed by atoms with Crippen molar-refractivity contribution in [2.45, 2.75) is 20.4 Å². The number of aliphatic hydroxyl groups excluding tert-OH is 1. The lowest BCUT2D eigenvalue weighted by Crippen LogP contribution is -2.04. The zero-order chi connectivity index (χ0) is 12.9. The molecule has 18 heavy (non-hydrogen) atoms. The van der Waals surface area contributed by atoms with Crippen LogP contribution >= 0.6 is 0 Å². The summed E-state index contributed by atoms with van der Waals surface area (Å²) >= 11 is 0. The second-order valence-corrected chi connectivity index (χ2v) is 5.54. The summed E-state index contributed by atoms with van der Waals surface area (Å²) in [5.74, 6) is 1.22. The average Bonchev–Trinajstić information content (AvgIpc) is 2.69. The van der Waals surface area contributed by atoms with Gasteiger partial charge in [-0.15, -0.1) is 0 Å². The van der Waals surface area contributed by atoms with Crippen LogP contribution in [0.25, 0.3) is 11.2 Å². The van der Waals surface area contributed by atoms with Gasteiger partial charge in [0.05, 0.1) is 6.33 Å². The van der Waals surface area contributed by atoms with E-state index in [-0.39, 0.29) is 12.0 Å². The molecule has 6 nitrogen and oxygen atoms in total. The zero-order valence-electron chi connectivity index (χ0n) is 10.5. The Bertz CT molecular complexity index is 591. The van der Waals surface area contributed by atoms with Crippen LogP contribution in [0.1, 0.15) is 13.8 Å². The number of hydrogen-bond acceptors (Lipinski definition) is 5. The highest BCUT2D eigenvalue weighted by Crippen LogP contribution is 2.58. The second kappa shape index (κ2) is 3.65. The molecule has 0 amide bonds. The summed E-state index contributed by atoms with van der Waals surface area (Å²) in [5, 5.41) is 9.33. The van der Waals surface area contributed by atoms with E-state index in [0.717, 1.165) is 12.2 Å². The Hall–Kier alpha value is -1.69. The van der Waals surface area contributed by atoms with Crippen LogP contribution in [0.5, 0.6) is 0 Å². The number of fused-ring (bicyclic) bond motifs is 1. The molecule has 0 radical (unpaired) electrons. The molecule has 0 aliphatic heterocycles. The predicted molar refractivity (Wildman–Crippen MR) is 67.6 cm³/mol. The molecule has 0 spiro atoms. The van der Waals surface area contributed by atoms with Gasteiger partial charge in [-0.2, -0.15) is 0 Å². The van der Waals surface area contributed by atoms with E-state index in [9.17, 15) is 5.11 Å². The van der Waals surface area contributed by atoms with Gasteiger partial charge in [0, 0.05) is 13.2 Å². The number of nitrogen functional groups attached to an aromatic ring is 1. The Morgan fingerprint density at radius 3 is 2.78 bits per heavy atom. The van der Waals surface area contributed by atoms with Crippen LogP contribution in [0.4, 0.5) is 5.82 Å². The fourth-order valence-electron chi connectivity index (χ4n) is 2.83. The molecule has 0 bridgehead atoms. The first-order valence-electron chi connectivity index (χ1n) is 6.08. The first kappa shape index (κ1) is 11.4. The maximum atomic E-state index is 9.33. The van der Waals surface area contributed by atoms with Gasteiger partial charge in [-0.3, -0.25) is 0 Å². The van der Waals surface area contributed by atoms with Crippen molar-refractivity contribution in [3.8, 4) is 0 Å². The number of aliphatic hydroxyl groups is 1. The number of imidazole rings is 1. The van der Waals surface area contributed by atoms with Gasteiger partial charge in [-0.1, -0.05) is 13.8 Å². The molecule has 96 valence electrons. The van der Waals surface area contributed by atoms with Gasteiger partial charge < -0.3 is 15.4 Å². The van der Waals surface area contributed by atoms with E-state index >= 15 is 0 Å². The molecular weight excluding hydrogens is 230 g/mol. The summed E-state index contributed by atoms with van der Waals surface area (Å²) in [6.07, 6.45) is 3.20. The van der Waals surface area contributed by atoms with Gasteiger partial charge in [0.15, 0.2) is 11.5 Å². The van der Waals surface area contributed by atoms with E-state index in [0.29, 0.717) is 23.2 Å². The molecule has 2 aromatic rings. The van der Waals surface area contributed by atoms with Crippen LogP contribution in [-0.4, -0.2) is 31.2 Å². The Morgan fingerprint density at radius 2 is 2.11 bits per heavy atom. The van der Waals surface area contributed by atoms with Crippen LogP contribution in [0.15, 0.2) is 12.7 Å². The second-order valence-electron chi connectivity index (χ2n) is 5.54. The molecule has 1 saturated carbocycles. The SMILES string of the molecule is CC1(C)[C@@H](CO)[C@@H]1Cn1cnc2c(N)ncnc21. The number of nitrogens with two attached hydrogens (primary N) is 1. The number of hydrogen-bond donors (Lipinski definition) is 2. The molecule has 3 N–H and O–H groups in total. The van der Waals surface area contributed by atoms with Crippen LogP contribution in [0.2, 0.25) is 0 Å². The fourth-order valence-corrected chi connectivity index (χ4v) is 2.83. The third kappa shape index (κ3) is 1.49. The molecule has 2 atom stereocenters. The number of nitrogens with zero attached hydrogens (tertiary/aromatic N) is 4. The minimum Gasteiger partial charge on any atom is -0.396 e. The minimum atomic E-state index is 0.184. The molecule has 1 fully saturated rings. The van der Waals surface area contributed by atoms with Gasteiger partial charge in [0.1, 0.15) is 11.8 Å². The lowest BCUT2D eigenvalue weighted by molar-refractivity contribution is 0.254. The quantitative estimate of drug-likeness (QED) is 0.832. The number of rotatable bonds is 3. The van der Waals surface area contributed by atoms with Gasteiger partial charge >= 0.3 is 0 Å². The molecule has 3 rings (SSSR count). The summed E-state index contributed by atoms with van der Waals surface area (Å²) in [6, 6.07) is 0. The van der Waals surface area contributed by atoms with E-state index in [4.69, 9.17) is 5.73 Å². The smallest absolute Gasteiger partial charge is 0.165 e. The summed E-state index contributed by atoms with van der Waals surface area (Å²) < 4.78 is 2.00. The van der Waals surface area contributed by atoms with Crippen molar-refractivity contribution in [3.05, 3.63) is 12.7 Å². The van der Waals surface area contributed by atoms with E-state index in [1.165, 1.54) is 6.33 Å². The third-order valence-corrected chi connectivity index (χ3v) is 4.31. The van der Waals surface area contributed by atoms with Crippen molar-refractivity contribution in [1.82, 2.24) is 19.5 Å². The molecule has 1 aliphatic carbocycles. The molecular formula is C12H17N5O. The van der Waals surface area contributed by atoms with E-state index in [1.807, 2.05) is 4.57 Å². The number of aromatic nitrogens is 4. The standard InChI is InChI=1S/C12H17N5O/c1-12(2)7(8(12)4-18)3-17-6-16-9-10(13)14-5-15-11(9)17/h5-8,18H,3-4H2,1-2H3,(H2,13,14,15)/t7-,8-/m0/s1. The van der Waals surface area contributed by atoms with Gasteiger partial charge in [-0.25, -0.2) is 15.0 Å². The summed E-state index contributed by atoms with van der Waals surface area (Å²) in [5.41, 5.74) is 7.36. The summed E-state index contributed by atoms with van der Waals surface area (Å²) in [7, 11) is 0. The lowest BCUT2D eigenvalue weighted by Gasteiger charge is -2.04. The molecule has 1 aliphatic rings. The van der Waals surface area contributed by atoms with Crippen molar-refractivity contribution in [2.24, 2.45) is 17.3 Å². The molecule has 0 saturated heterocycles. The molecule has 2 heterocycles. The van der Waals surface area contributed by atoms with Crippen LogP contribution in [0, 0.1) is 17.3 Å². The first-order chi connectivity index (χ1) is 8.55. The van der Waals surface area contributed by atoms with E-state index in [2.05, 4.69) is 28.8 Å². The van der Waals surface area contributed by atoms with Crippen molar-refractivity contribution < 1.29 is 5.11 Å². The fraction of sp³-hybridized carbons (Fsp3) is 0.583. The Morgan fingerprint density at radius 1 is 1.33 bits per heavy atom. The van der Waals surface area contributed by atoms with Gasteiger partial charge in [-0.05, 0) is 17.3 Å². The molecule has 0 aromatic carbocycles. The Labute approximate surface area is 105 Å². The highest BCUT2D eigenvalue weighted by atomic mass is 16.3. The topological polar surface area (TPSA) is 89.8 Å². The summed E-state index contributed by atoms with van der Waals surface area (Å²) in [6.45, 7) is 5.41. The maximum Gasteiger partial charge on any atom is 0.165 e. The van der Waals surface area contributed by atoms with E-state index < -0.39 is 0 Å². The highest BCUT2D eigenvalue weighted by molar-refractivity contribution is 5.81. The largest absolute Gasteiger partial charge is 0.396 e. The molecule has 6 heteroatoms. The van der Waals surface area contributed by atoms with Crippen LogP contribution in [0.3, 0.4) is 0 Å². The van der Waals surface area contributed by atoms with Crippen LogP contribution in [-0.2, 0) is 6.54 Å². The Balaban J connectivity index is 1.91. The predicted octanol–water partition coefficient (Wildman–Crippen LogP) is 0.673. The molecule has 0 unspecified atom stereocenters.